The lowest BCUT2D eigenvalue weighted by Gasteiger charge is -2.45. The molecule has 3 atom stereocenters. The number of rotatable bonds is 3. The number of nitrogens with zero attached hydrogens (tertiary/aromatic N) is 1. The molecule has 1 aromatic carbocycles. The van der Waals surface area contributed by atoms with Gasteiger partial charge < -0.3 is 10.6 Å². The van der Waals surface area contributed by atoms with Gasteiger partial charge in [-0.3, -0.25) is 4.79 Å². The van der Waals surface area contributed by atoms with Gasteiger partial charge in [0.05, 0.1) is 6.04 Å². The number of amides is 1. The summed E-state index contributed by atoms with van der Waals surface area (Å²) in [5.74, 6) is 0.885. The van der Waals surface area contributed by atoms with E-state index >= 15 is 0 Å². The van der Waals surface area contributed by atoms with Gasteiger partial charge in [0.1, 0.15) is 0 Å². The molecule has 1 amide bonds. The fraction of sp³-hybridized carbons (Fsp3) is 0.611. The van der Waals surface area contributed by atoms with Crippen LogP contribution >= 0.6 is 0 Å². The van der Waals surface area contributed by atoms with Gasteiger partial charge in [0.25, 0.3) is 0 Å². The molecule has 0 aromatic heterocycles. The van der Waals surface area contributed by atoms with Crippen LogP contribution < -0.4 is 5.73 Å². The van der Waals surface area contributed by atoms with Gasteiger partial charge >= 0.3 is 0 Å². The standard InChI is InChI=1S/C18H26N2O/c19-16(13-14-7-2-1-3-8-14)18(21)20-12-6-10-15-9-4-5-11-17(15)20/h1-3,7-8,15-17H,4-6,9-13,19H2/t15?,16-,17?/m0/s1. The molecule has 1 heterocycles. The Labute approximate surface area is 127 Å². The molecule has 3 rings (SSSR count). The van der Waals surface area contributed by atoms with Crippen molar-refractivity contribution >= 4 is 5.91 Å². The minimum atomic E-state index is -0.395. The van der Waals surface area contributed by atoms with E-state index < -0.39 is 6.04 Å². The number of carbonyl (C=O) groups is 1. The summed E-state index contributed by atoms with van der Waals surface area (Å²) < 4.78 is 0. The van der Waals surface area contributed by atoms with Crippen LogP contribution in [0.1, 0.15) is 44.1 Å². The number of hydrogen-bond acceptors (Lipinski definition) is 2. The highest BCUT2D eigenvalue weighted by Crippen LogP contribution is 2.35. The molecule has 1 aromatic rings. The highest BCUT2D eigenvalue weighted by molar-refractivity contribution is 5.82. The summed E-state index contributed by atoms with van der Waals surface area (Å²) in [5.41, 5.74) is 7.36. The van der Waals surface area contributed by atoms with Gasteiger partial charge in [-0.25, -0.2) is 0 Å². The summed E-state index contributed by atoms with van der Waals surface area (Å²) in [7, 11) is 0. The van der Waals surface area contributed by atoms with Gasteiger partial charge in [-0.05, 0) is 43.6 Å². The number of benzene rings is 1. The third-order valence-electron chi connectivity index (χ3n) is 5.14. The van der Waals surface area contributed by atoms with Crippen molar-refractivity contribution in [3.8, 4) is 0 Å². The third kappa shape index (κ3) is 3.29. The highest BCUT2D eigenvalue weighted by Gasteiger charge is 2.37. The second-order valence-electron chi connectivity index (χ2n) is 6.58. The first-order valence-corrected chi connectivity index (χ1v) is 8.35. The van der Waals surface area contributed by atoms with Crippen LogP contribution in [0.2, 0.25) is 0 Å². The monoisotopic (exact) mass is 286 g/mol. The minimum Gasteiger partial charge on any atom is -0.338 e. The van der Waals surface area contributed by atoms with Crippen molar-refractivity contribution in [1.82, 2.24) is 4.90 Å². The maximum atomic E-state index is 12.8. The third-order valence-corrected chi connectivity index (χ3v) is 5.14. The number of hydrogen-bond donors (Lipinski definition) is 1. The average molecular weight is 286 g/mol. The number of nitrogens with two attached hydrogens (primary N) is 1. The Balaban J connectivity index is 1.65. The summed E-state index contributed by atoms with van der Waals surface area (Å²) in [6.45, 7) is 0.905. The van der Waals surface area contributed by atoms with Gasteiger partial charge in [0, 0.05) is 12.6 Å². The molecule has 3 heteroatoms. The normalized spacial score (nSPS) is 27.0. The summed E-state index contributed by atoms with van der Waals surface area (Å²) in [6.07, 6.45) is 8.15. The first-order valence-electron chi connectivity index (χ1n) is 8.35. The van der Waals surface area contributed by atoms with E-state index in [1.807, 2.05) is 30.3 Å². The average Bonchev–Trinajstić information content (AvgIpc) is 2.54. The lowest BCUT2D eigenvalue weighted by atomic mass is 9.78. The lowest BCUT2D eigenvalue weighted by molar-refractivity contribution is -0.139. The zero-order chi connectivity index (χ0) is 14.7. The van der Waals surface area contributed by atoms with Gasteiger partial charge in [0.2, 0.25) is 5.91 Å². The maximum Gasteiger partial charge on any atom is 0.240 e. The Kier molecular flexibility index (Phi) is 4.59. The van der Waals surface area contributed by atoms with Crippen LogP contribution in [0.25, 0.3) is 0 Å². The van der Waals surface area contributed by atoms with Crippen LogP contribution in [0.15, 0.2) is 30.3 Å². The molecule has 0 spiro atoms. The van der Waals surface area contributed by atoms with E-state index in [0.717, 1.165) is 24.4 Å². The molecule has 3 nitrogen and oxygen atoms in total. The summed E-state index contributed by atoms with van der Waals surface area (Å²) >= 11 is 0. The summed E-state index contributed by atoms with van der Waals surface area (Å²) in [5, 5.41) is 0. The van der Waals surface area contributed by atoms with Crippen LogP contribution in [0.5, 0.6) is 0 Å². The molecule has 1 saturated carbocycles. The van der Waals surface area contributed by atoms with Crippen LogP contribution in [0.3, 0.4) is 0 Å². The fourth-order valence-corrected chi connectivity index (χ4v) is 4.07. The van der Waals surface area contributed by atoms with E-state index in [1.54, 1.807) is 0 Å². The van der Waals surface area contributed by atoms with Crippen molar-refractivity contribution in [2.75, 3.05) is 6.54 Å². The van der Waals surface area contributed by atoms with Gasteiger partial charge in [0.15, 0.2) is 0 Å². The maximum absolute atomic E-state index is 12.8. The van der Waals surface area contributed by atoms with Crippen LogP contribution in [-0.2, 0) is 11.2 Å². The summed E-state index contributed by atoms with van der Waals surface area (Å²) in [6, 6.07) is 10.2. The zero-order valence-corrected chi connectivity index (χ0v) is 12.7. The lowest BCUT2D eigenvalue weighted by Crippen LogP contribution is -2.55. The molecule has 0 bridgehead atoms. The van der Waals surface area contributed by atoms with E-state index in [-0.39, 0.29) is 5.91 Å². The Bertz CT molecular complexity index is 471. The fourth-order valence-electron chi connectivity index (χ4n) is 4.07. The predicted molar refractivity (Wildman–Crippen MR) is 84.8 cm³/mol. The van der Waals surface area contributed by atoms with Crippen molar-refractivity contribution in [2.24, 2.45) is 11.7 Å². The molecule has 21 heavy (non-hydrogen) atoms. The van der Waals surface area contributed by atoms with Gasteiger partial charge in [-0.1, -0.05) is 43.2 Å². The van der Waals surface area contributed by atoms with Crippen molar-refractivity contribution in [3.05, 3.63) is 35.9 Å². The molecule has 114 valence electrons. The number of carbonyl (C=O) groups excluding carboxylic acids is 1. The topological polar surface area (TPSA) is 46.3 Å². The Hall–Kier alpha value is -1.35. The van der Waals surface area contributed by atoms with Crippen molar-refractivity contribution in [2.45, 2.75) is 57.0 Å². The molecule has 2 fully saturated rings. The SMILES string of the molecule is N[C@@H](Cc1ccccc1)C(=O)N1CCCC2CCCCC21. The number of piperidine rings is 1. The van der Waals surface area contributed by atoms with Gasteiger partial charge in [-0.15, -0.1) is 0 Å². The van der Waals surface area contributed by atoms with Crippen molar-refractivity contribution in [1.29, 1.82) is 0 Å². The largest absolute Gasteiger partial charge is 0.338 e. The highest BCUT2D eigenvalue weighted by atomic mass is 16.2. The van der Waals surface area contributed by atoms with Crippen LogP contribution in [0.4, 0.5) is 0 Å². The molecule has 1 saturated heterocycles. The first kappa shape index (κ1) is 14.6. The predicted octanol–water partition coefficient (Wildman–Crippen LogP) is 2.74. The van der Waals surface area contributed by atoms with Crippen molar-refractivity contribution in [3.63, 3.8) is 0 Å². The Morgan fingerprint density at radius 2 is 1.86 bits per heavy atom. The van der Waals surface area contributed by atoms with E-state index in [0.29, 0.717) is 12.5 Å². The van der Waals surface area contributed by atoms with E-state index in [2.05, 4.69) is 4.90 Å². The van der Waals surface area contributed by atoms with Gasteiger partial charge in [-0.2, -0.15) is 0 Å². The number of likely N-dealkylation sites (tertiary alicyclic amines) is 1. The molecule has 1 aliphatic heterocycles. The van der Waals surface area contributed by atoms with Crippen LogP contribution in [-0.4, -0.2) is 29.4 Å². The minimum absolute atomic E-state index is 0.162. The second-order valence-corrected chi connectivity index (χ2v) is 6.58. The first-order chi connectivity index (χ1) is 10.3. The molecular formula is C18H26N2O. The van der Waals surface area contributed by atoms with E-state index in [4.69, 9.17) is 5.73 Å². The van der Waals surface area contributed by atoms with E-state index in [1.165, 1.54) is 32.1 Å². The van der Waals surface area contributed by atoms with Crippen molar-refractivity contribution < 1.29 is 4.79 Å². The second kappa shape index (κ2) is 6.61. The number of fused-ring (bicyclic) bond motifs is 1. The molecule has 0 radical (unpaired) electrons. The summed E-state index contributed by atoms with van der Waals surface area (Å²) in [4.78, 5) is 14.9. The quantitative estimate of drug-likeness (QED) is 0.928. The molecule has 2 aliphatic rings. The van der Waals surface area contributed by atoms with E-state index in [9.17, 15) is 4.79 Å². The van der Waals surface area contributed by atoms with Crippen LogP contribution in [0, 0.1) is 5.92 Å². The molecular weight excluding hydrogens is 260 g/mol. The molecule has 1 aliphatic carbocycles. The molecule has 2 unspecified atom stereocenters. The zero-order valence-electron chi connectivity index (χ0n) is 12.7. The molecule has 2 N–H and O–H groups in total. The Morgan fingerprint density at radius 3 is 2.67 bits per heavy atom. The Morgan fingerprint density at radius 1 is 1.14 bits per heavy atom. The smallest absolute Gasteiger partial charge is 0.240 e.